The van der Waals surface area contributed by atoms with Gasteiger partial charge in [0, 0.05) is 11.8 Å². The molecule has 0 aromatic carbocycles. The van der Waals surface area contributed by atoms with E-state index < -0.39 is 0 Å². The van der Waals surface area contributed by atoms with Crippen LogP contribution in [-0.2, 0) is 0 Å². The fraction of sp³-hybridized carbons (Fsp3) is 0.833. The molecule has 0 radical (unpaired) electrons. The zero-order valence-corrected chi connectivity index (χ0v) is 14.8. The Morgan fingerprint density at radius 1 is 0.667 bits per heavy atom. The predicted octanol–water partition coefficient (Wildman–Crippen LogP) is 5.14. The highest BCUT2D eigenvalue weighted by atomic mass is 14.7. The Kier molecular flexibility index (Phi) is 2.65. The molecule has 0 aromatic rings. The maximum Gasteiger partial charge on any atom is 0.0302 e. The van der Waals surface area contributed by atoms with Crippen LogP contribution < -0.4 is 0 Å². The summed E-state index contributed by atoms with van der Waals surface area (Å²) in [5, 5.41) is 0. The Morgan fingerprint density at radius 2 is 1.29 bits per heavy atom. The highest BCUT2D eigenvalue weighted by Gasteiger charge is 2.69. The van der Waals surface area contributed by atoms with Gasteiger partial charge in [0.05, 0.1) is 0 Å². The minimum Gasteiger partial charge on any atom is -0.120 e. The van der Waals surface area contributed by atoms with Crippen molar-refractivity contribution in [1.82, 2.24) is 0 Å². The molecule has 6 unspecified atom stereocenters. The molecule has 126 valence electrons. The van der Waals surface area contributed by atoms with E-state index in [1.807, 2.05) is 0 Å². The van der Waals surface area contributed by atoms with E-state index >= 15 is 0 Å². The second-order valence-electron chi connectivity index (χ2n) is 10.9. The molecule has 0 aromatic heterocycles. The third kappa shape index (κ3) is 1.52. The van der Waals surface area contributed by atoms with Crippen molar-refractivity contribution in [2.24, 2.45) is 58.2 Å². The largest absolute Gasteiger partial charge is 0.120 e. The summed E-state index contributed by atoms with van der Waals surface area (Å²) < 4.78 is 0. The topological polar surface area (TPSA) is 0 Å². The zero-order valence-electron chi connectivity index (χ0n) is 14.8. The maximum atomic E-state index is 6.26. The second kappa shape index (κ2) is 4.44. The normalized spacial score (nSPS) is 62.4. The van der Waals surface area contributed by atoms with Gasteiger partial charge in [-0.05, 0) is 111 Å². The summed E-state index contributed by atoms with van der Waals surface area (Å²) in [6.45, 7) is 0. The number of rotatable bonds is 1. The van der Waals surface area contributed by atoms with Crippen LogP contribution in [0.1, 0.15) is 64.2 Å². The summed E-state index contributed by atoms with van der Waals surface area (Å²) >= 11 is 0. The summed E-state index contributed by atoms with van der Waals surface area (Å²) in [7, 11) is 0. The standard InChI is InChI=1S/C24H30/c1-3-20-19-8-18-9-21(20)22(4-2)24(13-18,14-19)23-10-15-5-16(11-23)7-17(6-15)12-23/h1-2,15-22H,5-14H2. The van der Waals surface area contributed by atoms with Gasteiger partial charge in [-0.3, -0.25) is 0 Å². The van der Waals surface area contributed by atoms with Crippen molar-refractivity contribution in [3.05, 3.63) is 0 Å². The van der Waals surface area contributed by atoms with Crippen LogP contribution in [0.4, 0.5) is 0 Å². The third-order valence-corrected chi connectivity index (χ3v) is 9.98. The molecule has 0 saturated heterocycles. The first kappa shape index (κ1) is 14.3. The Hall–Kier alpha value is -0.880. The van der Waals surface area contributed by atoms with E-state index in [9.17, 15) is 0 Å². The molecule has 8 fully saturated rings. The van der Waals surface area contributed by atoms with Gasteiger partial charge in [0.15, 0.2) is 0 Å². The Balaban J connectivity index is 1.48. The molecule has 8 rings (SSSR count). The van der Waals surface area contributed by atoms with Crippen LogP contribution in [0, 0.1) is 82.9 Å². The first-order valence-electron chi connectivity index (χ1n) is 10.6. The first-order valence-corrected chi connectivity index (χ1v) is 10.6. The van der Waals surface area contributed by atoms with Gasteiger partial charge in [-0.25, -0.2) is 0 Å². The summed E-state index contributed by atoms with van der Waals surface area (Å²) in [5.41, 5.74) is 1.08. The van der Waals surface area contributed by atoms with Crippen molar-refractivity contribution in [3.63, 3.8) is 0 Å². The van der Waals surface area contributed by atoms with Crippen molar-refractivity contribution in [2.45, 2.75) is 64.2 Å². The molecule has 24 heavy (non-hydrogen) atoms. The van der Waals surface area contributed by atoms with Crippen LogP contribution >= 0.6 is 0 Å². The SMILES string of the molecule is C#CC1C2CC3CC1C(C#C)C(C14CC5CC(CC(C5)C1)C4)(C3)C2. The van der Waals surface area contributed by atoms with E-state index in [4.69, 9.17) is 12.8 Å². The van der Waals surface area contributed by atoms with Gasteiger partial charge >= 0.3 is 0 Å². The highest BCUT2D eigenvalue weighted by Crippen LogP contribution is 2.76. The van der Waals surface area contributed by atoms with Crippen LogP contribution in [0.2, 0.25) is 0 Å². The number of hydrogen-bond acceptors (Lipinski definition) is 0. The van der Waals surface area contributed by atoms with Crippen molar-refractivity contribution < 1.29 is 0 Å². The van der Waals surface area contributed by atoms with Gasteiger partial charge in [-0.1, -0.05) is 0 Å². The molecule has 0 aliphatic heterocycles. The van der Waals surface area contributed by atoms with Crippen molar-refractivity contribution in [3.8, 4) is 24.7 Å². The molecule has 8 aliphatic carbocycles. The van der Waals surface area contributed by atoms with Gasteiger partial charge in [0.1, 0.15) is 0 Å². The second-order valence-corrected chi connectivity index (χ2v) is 10.9. The Labute approximate surface area is 147 Å². The minimum absolute atomic E-state index is 0.474. The molecule has 0 heteroatoms. The molecule has 0 heterocycles. The third-order valence-electron chi connectivity index (χ3n) is 9.98. The molecular weight excluding hydrogens is 288 g/mol. The molecule has 6 atom stereocenters. The molecule has 8 bridgehead atoms. The fourth-order valence-electron chi connectivity index (χ4n) is 10.0. The van der Waals surface area contributed by atoms with Gasteiger partial charge in [-0.15, -0.1) is 24.7 Å². The number of terminal acetylenes is 2. The van der Waals surface area contributed by atoms with Crippen LogP contribution in [-0.4, -0.2) is 0 Å². The summed E-state index contributed by atoms with van der Waals surface area (Å²) in [4.78, 5) is 0. The zero-order chi connectivity index (χ0) is 16.1. The van der Waals surface area contributed by atoms with Gasteiger partial charge < -0.3 is 0 Å². The van der Waals surface area contributed by atoms with Gasteiger partial charge in [0.2, 0.25) is 0 Å². The molecule has 0 N–H and O–H groups in total. The molecule has 0 nitrogen and oxygen atoms in total. The lowest BCUT2D eigenvalue weighted by atomic mass is 9.31. The smallest absolute Gasteiger partial charge is 0.0302 e. The lowest BCUT2D eigenvalue weighted by Gasteiger charge is -2.72. The van der Waals surface area contributed by atoms with E-state index in [1.54, 1.807) is 0 Å². The van der Waals surface area contributed by atoms with E-state index in [-0.39, 0.29) is 0 Å². The first-order chi connectivity index (χ1) is 11.7. The van der Waals surface area contributed by atoms with Crippen LogP contribution in [0.15, 0.2) is 0 Å². The highest BCUT2D eigenvalue weighted by molar-refractivity contribution is 5.26. The van der Waals surface area contributed by atoms with E-state index in [1.165, 1.54) is 64.2 Å². The monoisotopic (exact) mass is 318 g/mol. The van der Waals surface area contributed by atoms with Crippen LogP contribution in [0.25, 0.3) is 0 Å². The Bertz CT molecular complexity index is 621. The van der Waals surface area contributed by atoms with Crippen molar-refractivity contribution in [2.75, 3.05) is 0 Å². The molecule has 0 amide bonds. The quantitative estimate of drug-likeness (QED) is 0.587. The molecule has 0 spiro atoms. The molecule has 8 aliphatic rings. The van der Waals surface area contributed by atoms with E-state index in [2.05, 4.69) is 11.8 Å². The van der Waals surface area contributed by atoms with E-state index in [0.29, 0.717) is 28.6 Å². The van der Waals surface area contributed by atoms with Crippen molar-refractivity contribution >= 4 is 0 Å². The Morgan fingerprint density at radius 3 is 1.88 bits per heavy atom. The van der Waals surface area contributed by atoms with Gasteiger partial charge in [-0.2, -0.15) is 0 Å². The minimum atomic E-state index is 0.474. The van der Waals surface area contributed by atoms with Crippen LogP contribution in [0.3, 0.4) is 0 Å². The van der Waals surface area contributed by atoms with Crippen LogP contribution in [0.5, 0.6) is 0 Å². The lowest BCUT2D eigenvalue weighted by molar-refractivity contribution is -0.227. The summed E-state index contributed by atoms with van der Waals surface area (Å²) in [5.74, 6) is 13.1. The summed E-state index contributed by atoms with van der Waals surface area (Å²) in [6.07, 6.45) is 27.0. The molecule has 8 saturated carbocycles. The lowest BCUT2D eigenvalue weighted by Crippen LogP contribution is -2.65. The average Bonchev–Trinajstić information content (AvgIpc) is 2.53. The average molecular weight is 319 g/mol. The number of hydrogen-bond donors (Lipinski definition) is 0. The van der Waals surface area contributed by atoms with E-state index in [0.717, 1.165) is 29.6 Å². The summed E-state index contributed by atoms with van der Waals surface area (Å²) in [6, 6.07) is 0. The van der Waals surface area contributed by atoms with Gasteiger partial charge in [0.25, 0.3) is 0 Å². The predicted molar refractivity (Wildman–Crippen MR) is 96.6 cm³/mol. The fourth-order valence-corrected chi connectivity index (χ4v) is 10.0. The molecular formula is C24H30. The van der Waals surface area contributed by atoms with Crippen molar-refractivity contribution in [1.29, 1.82) is 0 Å². The maximum absolute atomic E-state index is 6.26.